The van der Waals surface area contributed by atoms with Gasteiger partial charge in [-0.2, -0.15) is 0 Å². The smallest absolute Gasteiger partial charge is 0.313 e. The summed E-state index contributed by atoms with van der Waals surface area (Å²) in [5.74, 6) is -0.547. The lowest BCUT2D eigenvalue weighted by atomic mass is 9.90. The zero-order valence-electron chi connectivity index (χ0n) is 11.7. The molecule has 1 aliphatic carbocycles. The van der Waals surface area contributed by atoms with E-state index >= 15 is 0 Å². The number of oxime groups is 1. The summed E-state index contributed by atoms with van der Waals surface area (Å²) < 4.78 is 0. The normalized spacial score (nSPS) is 15.5. The zero-order valence-corrected chi connectivity index (χ0v) is 13.2. The van der Waals surface area contributed by atoms with E-state index in [0.717, 1.165) is 30.5 Å². The van der Waals surface area contributed by atoms with Crippen molar-refractivity contribution in [2.24, 2.45) is 5.16 Å². The predicted molar refractivity (Wildman–Crippen MR) is 87.8 cm³/mol. The van der Waals surface area contributed by atoms with Crippen LogP contribution in [0.25, 0.3) is 0 Å². The van der Waals surface area contributed by atoms with Crippen molar-refractivity contribution in [3.8, 4) is 0 Å². The number of aryl methyl sites for hydroxylation is 1. The summed E-state index contributed by atoms with van der Waals surface area (Å²) in [4.78, 5) is 17.1. The molecule has 112 valence electrons. The molecule has 2 aromatic carbocycles. The van der Waals surface area contributed by atoms with Crippen molar-refractivity contribution < 1.29 is 9.63 Å². The number of carbonyl (C=O) groups excluding carboxylic acids is 1. The molecule has 0 fully saturated rings. The molecule has 0 unspecified atom stereocenters. The van der Waals surface area contributed by atoms with E-state index in [1.165, 1.54) is 11.6 Å². The number of fused-ring (bicyclic) bond motifs is 1. The second-order valence-corrected chi connectivity index (χ2v) is 5.87. The van der Waals surface area contributed by atoms with Gasteiger partial charge >= 0.3 is 5.97 Å². The van der Waals surface area contributed by atoms with Gasteiger partial charge in [-0.05, 0) is 43.0 Å². The van der Waals surface area contributed by atoms with Crippen LogP contribution in [0.5, 0.6) is 0 Å². The van der Waals surface area contributed by atoms with Crippen LogP contribution in [-0.2, 0) is 11.3 Å². The molecule has 0 aliphatic heterocycles. The van der Waals surface area contributed by atoms with Gasteiger partial charge in [0.25, 0.3) is 0 Å². The first kappa shape index (κ1) is 15.1. The molecule has 0 heterocycles. The molecule has 0 amide bonds. The molecule has 0 N–H and O–H groups in total. The highest BCUT2D eigenvalue weighted by Gasteiger charge is 2.16. The molecule has 2 aromatic rings. The van der Waals surface area contributed by atoms with Crippen molar-refractivity contribution >= 4 is 34.9 Å². The number of halogens is 2. The van der Waals surface area contributed by atoms with E-state index in [1.54, 1.807) is 12.1 Å². The third-order valence-corrected chi connectivity index (χ3v) is 4.32. The van der Waals surface area contributed by atoms with Crippen molar-refractivity contribution in [1.82, 2.24) is 0 Å². The summed E-state index contributed by atoms with van der Waals surface area (Å²) in [6.45, 7) is 0. The first-order chi connectivity index (χ1) is 10.6. The minimum absolute atomic E-state index is 0.312. The van der Waals surface area contributed by atoms with Crippen LogP contribution in [0.1, 0.15) is 34.3 Å². The van der Waals surface area contributed by atoms with E-state index in [1.807, 2.05) is 18.2 Å². The highest BCUT2D eigenvalue weighted by atomic mass is 35.5. The molecular formula is C17H13Cl2NO2. The lowest BCUT2D eigenvalue weighted by molar-refractivity contribution is 0.0515. The molecular weight excluding hydrogens is 321 g/mol. The van der Waals surface area contributed by atoms with Crippen LogP contribution in [-0.4, -0.2) is 11.7 Å². The monoisotopic (exact) mass is 333 g/mol. The van der Waals surface area contributed by atoms with Crippen molar-refractivity contribution in [2.45, 2.75) is 19.3 Å². The van der Waals surface area contributed by atoms with Gasteiger partial charge in [-0.25, -0.2) is 4.79 Å². The Labute approximate surface area is 138 Å². The Morgan fingerprint density at radius 1 is 1.05 bits per heavy atom. The first-order valence-electron chi connectivity index (χ1n) is 6.96. The van der Waals surface area contributed by atoms with E-state index in [4.69, 9.17) is 28.0 Å². The van der Waals surface area contributed by atoms with Crippen LogP contribution >= 0.6 is 23.2 Å². The Morgan fingerprint density at radius 3 is 2.68 bits per heavy atom. The Morgan fingerprint density at radius 2 is 1.86 bits per heavy atom. The van der Waals surface area contributed by atoms with Crippen LogP contribution in [0.15, 0.2) is 47.6 Å². The van der Waals surface area contributed by atoms with E-state index in [-0.39, 0.29) is 0 Å². The Bertz CT molecular complexity index is 756. The average Bonchev–Trinajstić information content (AvgIpc) is 2.55. The molecule has 0 saturated carbocycles. The van der Waals surface area contributed by atoms with E-state index in [9.17, 15) is 4.79 Å². The minimum Gasteiger partial charge on any atom is -0.313 e. The van der Waals surface area contributed by atoms with Crippen molar-refractivity contribution in [3.05, 3.63) is 69.2 Å². The first-order valence-corrected chi connectivity index (χ1v) is 7.72. The summed E-state index contributed by atoms with van der Waals surface area (Å²) >= 11 is 11.7. The number of rotatable bonds is 2. The van der Waals surface area contributed by atoms with Gasteiger partial charge < -0.3 is 4.84 Å². The van der Waals surface area contributed by atoms with Gasteiger partial charge in [-0.3, -0.25) is 0 Å². The maximum atomic E-state index is 12.0. The SMILES string of the molecule is O=C(O/N=C1\CCCc2ccccc21)c1ccc(Cl)c(Cl)c1. The van der Waals surface area contributed by atoms with Gasteiger partial charge in [0.2, 0.25) is 0 Å². The van der Waals surface area contributed by atoms with Crippen molar-refractivity contribution in [1.29, 1.82) is 0 Å². The summed E-state index contributed by atoms with van der Waals surface area (Å²) in [7, 11) is 0. The maximum absolute atomic E-state index is 12.0. The number of nitrogens with zero attached hydrogens (tertiary/aromatic N) is 1. The highest BCUT2D eigenvalue weighted by Crippen LogP contribution is 2.24. The van der Waals surface area contributed by atoms with E-state index in [0.29, 0.717) is 15.6 Å². The van der Waals surface area contributed by atoms with Crippen LogP contribution in [0, 0.1) is 0 Å². The van der Waals surface area contributed by atoms with Crippen LogP contribution in [0.3, 0.4) is 0 Å². The van der Waals surface area contributed by atoms with Gasteiger partial charge in [-0.15, -0.1) is 0 Å². The Balaban J connectivity index is 1.79. The lowest BCUT2D eigenvalue weighted by Crippen LogP contribution is -2.13. The molecule has 0 saturated heterocycles. The molecule has 22 heavy (non-hydrogen) atoms. The van der Waals surface area contributed by atoms with E-state index < -0.39 is 5.97 Å². The summed E-state index contributed by atoms with van der Waals surface area (Å²) in [6.07, 6.45) is 2.82. The van der Waals surface area contributed by atoms with Gasteiger partial charge in [0.1, 0.15) is 0 Å². The molecule has 5 heteroatoms. The van der Waals surface area contributed by atoms with Crippen LogP contribution in [0.4, 0.5) is 0 Å². The number of benzene rings is 2. The largest absolute Gasteiger partial charge is 0.365 e. The third-order valence-electron chi connectivity index (χ3n) is 3.58. The Hall–Kier alpha value is -1.84. The maximum Gasteiger partial charge on any atom is 0.365 e. The number of carbonyl (C=O) groups is 1. The van der Waals surface area contributed by atoms with Crippen LogP contribution < -0.4 is 0 Å². The van der Waals surface area contributed by atoms with Gasteiger partial charge in [0.15, 0.2) is 0 Å². The summed E-state index contributed by atoms with van der Waals surface area (Å²) in [6, 6.07) is 12.6. The number of hydrogen-bond donors (Lipinski definition) is 0. The van der Waals surface area contributed by atoms with Crippen LogP contribution in [0.2, 0.25) is 10.0 Å². The summed E-state index contributed by atoms with van der Waals surface area (Å²) in [5, 5.41) is 4.75. The minimum atomic E-state index is -0.547. The second-order valence-electron chi connectivity index (χ2n) is 5.06. The molecule has 0 bridgehead atoms. The molecule has 3 rings (SSSR count). The highest BCUT2D eigenvalue weighted by molar-refractivity contribution is 6.42. The van der Waals surface area contributed by atoms with Gasteiger partial charge in [-0.1, -0.05) is 52.6 Å². The summed E-state index contributed by atoms with van der Waals surface area (Å²) in [5.41, 5.74) is 3.41. The lowest BCUT2D eigenvalue weighted by Gasteiger charge is -2.16. The van der Waals surface area contributed by atoms with Crippen molar-refractivity contribution in [2.75, 3.05) is 0 Å². The predicted octanol–water partition coefficient (Wildman–Crippen LogP) is 4.89. The fourth-order valence-corrected chi connectivity index (χ4v) is 2.77. The molecule has 0 atom stereocenters. The van der Waals surface area contributed by atoms with Gasteiger partial charge in [0.05, 0.1) is 21.3 Å². The molecule has 0 aromatic heterocycles. The van der Waals surface area contributed by atoms with Gasteiger partial charge in [0, 0.05) is 5.56 Å². The van der Waals surface area contributed by atoms with E-state index in [2.05, 4.69) is 11.2 Å². The zero-order chi connectivity index (χ0) is 15.5. The molecule has 1 aliphatic rings. The standard InChI is InChI=1S/C17H13Cl2NO2/c18-14-9-8-12(10-15(14)19)17(21)22-20-16-7-3-5-11-4-1-2-6-13(11)16/h1-2,4,6,8-10H,3,5,7H2/b20-16+. The fraction of sp³-hybridized carbons (Fsp3) is 0.176. The number of hydrogen-bond acceptors (Lipinski definition) is 3. The second kappa shape index (κ2) is 6.51. The fourth-order valence-electron chi connectivity index (χ4n) is 2.47. The third kappa shape index (κ3) is 3.16. The quantitative estimate of drug-likeness (QED) is 0.579. The molecule has 0 spiro atoms. The Kier molecular flexibility index (Phi) is 4.46. The average molecular weight is 334 g/mol. The molecule has 0 radical (unpaired) electrons. The van der Waals surface area contributed by atoms with Crippen molar-refractivity contribution in [3.63, 3.8) is 0 Å². The molecule has 3 nitrogen and oxygen atoms in total. The topological polar surface area (TPSA) is 38.7 Å².